The van der Waals surface area contributed by atoms with Gasteiger partial charge in [0.05, 0.1) is 6.04 Å². The number of nitrogens with one attached hydrogen (secondary N) is 1. The number of aliphatic hydroxyl groups is 1. The van der Waals surface area contributed by atoms with Crippen molar-refractivity contribution in [2.24, 2.45) is 0 Å². The second-order valence-electron chi connectivity index (χ2n) is 5.06. The van der Waals surface area contributed by atoms with Crippen molar-refractivity contribution in [3.05, 3.63) is 58.9 Å². The van der Waals surface area contributed by atoms with Crippen LogP contribution in [-0.4, -0.2) is 28.7 Å². The summed E-state index contributed by atoms with van der Waals surface area (Å²) in [5.74, 6) is 0.198. The molecule has 5 nitrogen and oxygen atoms in total. The number of carbonyl (C=O) groups is 1. The van der Waals surface area contributed by atoms with E-state index < -0.39 is 12.0 Å². The molecule has 1 aromatic heterocycles. The number of benzene rings is 1. The molecular weight excluding hydrogens is 304 g/mol. The summed E-state index contributed by atoms with van der Waals surface area (Å²) in [5, 5.41) is 13.3. The van der Waals surface area contributed by atoms with Crippen LogP contribution in [0.1, 0.15) is 17.3 Å². The van der Waals surface area contributed by atoms with Crippen molar-refractivity contribution in [3.63, 3.8) is 0 Å². The fourth-order valence-corrected chi connectivity index (χ4v) is 2.73. The van der Waals surface area contributed by atoms with Crippen molar-refractivity contribution < 1.29 is 14.6 Å². The fourth-order valence-electron chi connectivity index (χ4n) is 2.43. The Morgan fingerprint density at radius 3 is 3.05 bits per heavy atom. The SMILES string of the molecule is O=C(NC1COc2cccc(Cl)c21)C(O)Cc1ccccn1. The Labute approximate surface area is 132 Å². The average Bonchev–Trinajstić information content (AvgIpc) is 2.92. The maximum atomic E-state index is 12.1. The van der Waals surface area contributed by atoms with Crippen molar-refractivity contribution in [3.8, 4) is 5.75 Å². The highest BCUT2D eigenvalue weighted by molar-refractivity contribution is 6.31. The van der Waals surface area contributed by atoms with E-state index in [-0.39, 0.29) is 12.5 Å². The number of fused-ring (bicyclic) bond motifs is 1. The molecule has 1 amide bonds. The third kappa shape index (κ3) is 3.05. The molecule has 2 heterocycles. The summed E-state index contributed by atoms with van der Waals surface area (Å²) < 4.78 is 5.50. The standard InChI is InChI=1S/C16H15ClN2O3/c17-11-5-3-6-14-15(11)12(9-22-14)19-16(21)13(20)8-10-4-1-2-7-18-10/h1-7,12-13,20H,8-9H2,(H,19,21). The molecule has 3 rings (SSSR count). The molecule has 2 atom stereocenters. The zero-order valence-electron chi connectivity index (χ0n) is 11.7. The number of rotatable bonds is 4. The van der Waals surface area contributed by atoms with Gasteiger partial charge in [0.1, 0.15) is 18.5 Å². The number of aliphatic hydroxyl groups excluding tert-OH is 1. The zero-order chi connectivity index (χ0) is 15.5. The van der Waals surface area contributed by atoms with Gasteiger partial charge < -0.3 is 15.2 Å². The molecule has 1 aliphatic rings. The van der Waals surface area contributed by atoms with Gasteiger partial charge in [0.15, 0.2) is 0 Å². The molecule has 1 aliphatic heterocycles. The van der Waals surface area contributed by atoms with Gasteiger partial charge in [-0.3, -0.25) is 9.78 Å². The van der Waals surface area contributed by atoms with E-state index >= 15 is 0 Å². The predicted molar refractivity (Wildman–Crippen MR) is 81.8 cm³/mol. The molecule has 2 N–H and O–H groups in total. The van der Waals surface area contributed by atoms with Crippen LogP contribution in [0, 0.1) is 0 Å². The van der Waals surface area contributed by atoms with Gasteiger partial charge in [0.2, 0.25) is 5.91 Å². The first-order valence-corrected chi connectivity index (χ1v) is 7.32. The molecule has 0 saturated heterocycles. The summed E-state index contributed by atoms with van der Waals surface area (Å²) in [4.78, 5) is 16.2. The lowest BCUT2D eigenvalue weighted by atomic mass is 10.1. The molecule has 1 aromatic carbocycles. The summed E-state index contributed by atoms with van der Waals surface area (Å²) in [6.45, 7) is 0.307. The van der Waals surface area contributed by atoms with Gasteiger partial charge >= 0.3 is 0 Å². The number of ether oxygens (including phenoxy) is 1. The number of nitrogens with zero attached hydrogens (tertiary/aromatic N) is 1. The Morgan fingerprint density at radius 1 is 1.41 bits per heavy atom. The van der Waals surface area contributed by atoms with E-state index in [4.69, 9.17) is 16.3 Å². The van der Waals surface area contributed by atoms with Gasteiger partial charge in [-0.05, 0) is 24.3 Å². The molecule has 0 aliphatic carbocycles. The first-order valence-electron chi connectivity index (χ1n) is 6.94. The summed E-state index contributed by atoms with van der Waals surface area (Å²) >= 11 is 6.15. The van der Waals surface area contributed by atoms with Gasteiger partial charge in [-0.15, -0.1) is 0 Å². The summed E-state index contributed by atoms with van der Waals surface area (Å²) in [5.41, 5.74) is 1.41. The lowest BCUT2D eigenvalue weighted by Gasteiger charge is -2.16. The van der Waals surface area contributed by atoms with E-state index in [1.807, 2.05) is 6.07 Å². The number of halogens is 1. The Balaban J connectivity index is 1.66. The zero-order valence-corrected chi connectivity index (χ0v) is 12.5. The average molecular weight is 319 g/mol. The Hall–Kier alpha value is -2.11. The van der Waals surface area contributed by atoms with E-state index in [0.29, 0.717) is 23.1 Å². The van der Waals surface area contributed by atoms with Crippen LogP contribution in [0.3, 0.4) is 0 Å². The molecule has 2 unspecified atom stereocenters. The van der Waals surface area contributed by atoms with Gasteiger partial charge in [-0.25, -0.2) is 0 Å². The van der Waals surface area contributed by atoms with Crippen LogP contribution < -0.4 is 10.1 Å². The largest absolute Gasteiger partial charge is 0.491 e. The van der Waals surface area contributed by atoms with Crippen LogP contribution >= 0.6 is 11.6 Å². The lowest BCUT2D eigenvalue weighted by Crippen LogP contribution is -2.39. The fraction of sp³-hybridized carbons (Fsp3) is 0.250. The molecule has 0 bridgehead atoms. The number of hydrogen-bond donors (Lipinski definition) is 2. The van der Waals surface area contributed by atoms with Crippen LogP contribution in [0.5, 0.6) is 5.75 Å². The number of pyridine rings is 1. The molecule has 0 saturated carbocycles. The summed E-state index contributed by atoms with van der Waals surface area (Å²) in [7, 11) is 0. The molecule has 114 valence electrons. The minimum atomic E-state index is -1.17. The number of hydrogen-bond acceptors (Lipinski definition) is 4. The molecule has 0 radical (unpaired) electrons. The van der Waals surface area contributed by atoms with Gasteiger partial charge in [0.25, 0.3) is 0 Å². The Bertz CT molecular complexity index is 678. The predicted octanol–water partition coefficient (Wildman–Crippen LogP) is 1.89. The minimum Gasteiger partial charge on any atom is -0.491 e. The lowest BCUT2D eigenvalue weighted by molar-refractivity contribution is -0.130. The summed E-state index contributed by atoms with van der Waals surface area (Å²) in [6.07, 6.45) is 0.623. The summed E-state index contributed by atoms with van der Waals surface area (Å²) in [6, 6.07) is 10.4. The van der Waals surface area contributed by atoms with Crippen molar-refractivity contribution in [2.45, 2.75) is 18.6 Å². The highest BCUT2D eigenvalue weighted by Crippen LogP contribution is 2.37. The second kappa shape index (κ2) is 6.34. The molecular formula is C16H15ClN2O3. The monoisotopic (exact) mass is 318 g/mol. The number of amides is 1. The maximum absolute atomic E-state index is 12.1. The molecule has 2 aromatic rings. The number of carbonyl (C=O) groups excluding carboxylic acids is 1. The minimum absolute atomic E-state index is 0.162. The third-order valence-electron chi connectivity index (χ3n) is 3.51. The first-order chi connectivity index (χ1) is 10.6. The van der Waals surface area contributed by atoms with Crippen LogP contribution in [0.2, 0.25) is 5.02 Å². The second-order valence-corrected chi connectivity index (χ2v) is 5.47. The van der Waals surface area contributed by atoms with Crippen molar-refractivity contribution in [2.75, 3.05) is 6.61 Å². The highest BCUT2D eigenvalue weighted by Gasteiger charge is 2.29. The van der Waals surface area contributed by atoms with E-state index in [0.717, 1.165) is 5.56 Å². The van der Waals surface area contributed by atoms with Crippen LogP contribution in [0.15, 0.2) is 42.6 Å². The van der Waals surface area contributed by atoms with Crippen molar-refractivity contribution in [1.82, 2.24) is 10.3 Å². The van der Waals surface area contributed by atoms with E-state index in [1.54, 1.807) is 36.5 Å². The van der Waals surface area contributed by atoms with Gasteiger partial charge in [-0.2, -0.15) is 0 Å². The van der Waals surface area contributed by atoms with E-state index in [1.165, 1.54) is 0 Å². The van der Waals surface area contributed by atoms with Gasteiger partial charge in [0, 0.05) is 28.9 Å². The number of aromatic nitrogens is 1. The Morgan fingerprint density at radius 2 is 2.27 bits per heavy atom. The van der Waals surface area contributed by atoms with E-state index in [9.17, 15) is 9.90 Å². The van der Waals surface area contributed by atoms with Crippen molar-refractivity contribution in [1.29, 1.82) is 0 Å². The molecule has 22 heavy (non-hydrogen) atoms. The molecule has 0 fully saturated rings. The highest BCUT2D eigenvalue weighted by atomic mass is 35.5. The Kier molecular flexibility index (Phi) is 4.27. The normalized spacial score (nSPS) is 17.5. The molecule has 0 spiro atoms. The van der Waals surface area contributed by atoms with Gasteiger partial charge in [-0.1, -0.05) is 23.7 Å². The quantitative estimate of drug-likeness (QED) is 0.903. The van der Waals surface area contributed by atoms with E-state index in [2.05, 4.69) is 10.3 Å². The first kappa shape index (κ1) is 14.8. The smallest absolute Gasteiger partial charge is 0.249 e. The van der Waals surface area contributed by atoms with Crippen LogP contribution in [-0.2, 0) is 11.2 Å². The third-order valence-corrected chi connectivity index (χ3v) is 3.84. The topological polar surface area (TPSA) is 71.5 Å². The van der Waals surface area contributed by atoms with Crippen molar-refractivity contribution >= 4 is 17.5 Å². The molecule has 6 heteroatoms. The maximum Gasteiger partial charge on any atom is 0.249 e. The van der Waals surface area contributed by atoms with Crippen LogP contribution in [0.4, 0.5) is 0 Å². The van der Waals surface area contributed by atoms with Crippen LogP contribution in [0.25, 0.3) is 0 Å².